The van der Waals surface area contributed by atoms with E-state index in [2.05, 4.69) is 27.4 Å². The number of hydrogen-bond acceptors (Lipinski definition) is 4. The Bertz CT molecular complexity index is 969. The highest BCUT2D eigenvalue weighted by atomic mass is 16.2. The molecule has 0 saturated heterocycles. The van der Waals surface area contributed by atoms with Gasteiger partial charge in [-0.05, 0) is 23.5 Å². The summed E-state index contributed by atoms with van der Waals surface area (Å²) in [4.78, 5) is 33.4. The van der Waals surface area contributed by atoms with Crippen LogP contribution in [0.3, 0.4) is 0 Å². The van der Waals surface area contributed by atoms with Crippen molar-refractivity contribution in [2.24, 2.45) is 0 Å². The first-order valence-corrected chi connectivity index (χ1v) is 9.18. The van der Waals surface area contributed by atoms with Crippen molar-refractivity contribution in [3.63, 3.8) is 0 Å². The molecule has 6 heteroatoms. The van der Waals surface area contributed by atoms with Gasteiger partial charge in [0.25, 0.3) is 5.56 Å². The Labute approximate surface area is 164 Å². The molecule has 0 fully saturated rings. The van der Waals surface area contributed by atoms with Crippen molar-refractivity contribution in [1.82, 2.24) is 9.97 Å². The second kappa shape index (κ2) is 8.99. The molecule has 0 aliphatic heterocycles. The Morgan fingerprint density at radius 2 is 1.71 bits per heavy atom. The normalized spacial score (nSPS) is 11.6. The first-order valence-electron chi connectivity index (χ1n) is 9.18. The van der Waals surface area contributed by atoms with Crippen molar-refractivity contribution < 1.29 is 4.79 Å². The number of amides is 1. The monoisotopic (exact) mass is 376 g/mol. The largest absolute Gasteiger partial charge is 0.361 e. The van der Waals surface area contributed by atoms with Gasteiger partial charge in [-0.25, -0.2) is 4.98 Å². The molecule has 0 radical (unpaired) electrons. The Hall–Kier alpha value is -3.41. The van der Waals surface area contributed by atoms with E-state index in [1.54, 1.807) is 19.0 Å². The van der Waals surface area contributed by atoms with Gasteiger partial charge in [-0.2, -0.15) is 0 Å². The maximum Gasteiger partial charge on any atom is 0.276 e. The minimum atomic E-state index is -0.369. The van der Waals surface area contributed by atoms with E-state index in [0.717, 1.165) is 17.5 Å². The van der Waals surface area contributed by atoms with Crippen LogP contribution in [0.4, 0.5) is 11.5 Å². The zero-order valence-corrected chi connectivity index (χ0v) is 16.1. The summed E-state index contributed by atoms with van der Waals surface area (Å²) in [6.45, 7) is 0. The number of aromatic amines is 1. The van der Waals surface area contributed by atoms with Crippen molar-refractivity contribution >= 4 is 17.4 Å². The third-order valence-electron chi connectivity index (χ3n) is 4.55. The van der Waals surface area contributed by atoms with Crippen LogP contribution in [0.25, 0.3) is 0 Å². The molecular formula is C22H24N4O2. The molecule has 3 rings (SSSR count). The molecule has 1 heterocycles. The topological polar surface area (TPSA) is 78.1 Å². The average molecular weight is 376 g/mol. The van der Waals surface area contributed by atoms with Crippen LogP contribution in [0.5, 0.6) is 0 Å². The fraction of sp³-hybridized carbons (Fsp3) is 0.227. The van der Waals surface area contributed by atoms with Crippen molar-refractivity contribution in [1.29, 1.82) is 0 Å². The third-order valence-corrected chi connectivity index (χ3v) is 4.55. The van der Waals surface area contributed by atoms with Crippen LogP contribution in [0, 0.1) is 0 Å². The number of anilines is 2. The standard InChI is InChI=1S/C22H24N4O2/c1-26(2)21-20(22(28)24-15-23-21)25-19(27)14-18(17-11-7-4-8-12-17)13-16-9-5-3-6-10-16/h3-12,15,18H,13-14H2,1-2H3,(H,25,27)(H,23,24,28). The number of rotatable bonds is 7. The second-order valence-corrected chi connectivity index (χ2v) is 6.87. The summed E-state index contributed by atoms with van der Waals surface area (Å²) in [5.74, 6) is 0.213. The van der Waals surface area contributed by atoms with E-state index in [1.807, 2.05) is 48.5 Å². The van der Waals surface area contributed by atoms with E-state index in [1.165, 1.54) is 6.33 Å². The van der Waals surface area contributed by atoms with Crippen LogP contribution >= 0.6 is 0 Å². The summed E-state index contributed by atoms with van der Waals surface area (Å²) in [5, 5.41) is 2.76. The smallest absolute Gasteiger partial charge is 0.276 e. The van der Waals surface area contributed by atoms with Gasteiger partial charge in [-0.15, -0.1) is 0 Å². The zero-order chi connectivity index (χ0) is 19.9. The maximum atomic E-state index is 12.8. The van der Waals surface area contributed by atoms with Crippen LogP contribution in [0.1, 0.15) is 23.5 Å². The van der Waals surface area contributed by atoms with Gasteiger partial charge in [0.1, 0.15) is 0 Å². The lowest BCUT2D eigenvalue weighted by atomic mass is 9.89. The molecule has 2 N–H and O–H groups in total. The fourth-order valence-corrected chi connectivity index (χ4v) is 3.19. The third kappa shape index (κ3) is 4.85. The lowest BCUT2D eigenvalue weighted by Gasteiger charge is -2.19. The predicted molar refractivity (Wildman–Crippen MR) is 112 cm³/mol. The van der Waals surface area contributed by atoms with Gasteiger partial charge in [0.05, 0.1) is 6.33 Å². The molecule has 1 unspecified atom stereocenters. The highest BCUT2D eigenvalue weighted by Gasteiger charge is 2.19. The van der Waals surface area contributed by atoms with Crippen LogP contribution in [-0.2, 0) is 11.2 Å². The van der Waals surface area contributed by atoms with Crippen molar-refractivity contribution in [2.75, 3.05) is 24.3 Å². The lowest BCUT2D eigenvalue weighted by molar-refractivity contribution is -0.116. The molecule has 1 atom stereocenters. The van der Waals surface area contributed by atoms with Crippen molar-refractivity contribution in [3.05, 3.63) is 88.5 Å². The van der Waals surface area contributed by atoms with Crippen LogP contribution in [0.2, 0.25) is 0 Å². The van der Waals surface area contributed by atoms with Gasteiger partial charge in [0.15, 0.2) is 11.5 Å². The Morgan fingerprint density at radius 3 is 2.36 bits per heavy atom. The summed E-state index contributed by atoms with van der Waals surface area (Å²) >= 11 is 0. The number of nitrogens with zero attached hydrogens (tertiary/aromatic N) is 2. The summed E-state index contributed by atoms with van der Waals surface area (Å²) in [6, 6.07) is 20.1. The first-order chi connectivity index (χ1) is 13.5. The molecule has 0 aliphatic rings. The summed E-state index contributed by atoms with van der Waals surface area (Å²) in [5.41, 5.74) is 2.06. The molecule has 144 valence electrons. The Kier molecular flexibility index (Phi) is 6.22. The van der Waals surface area contributed by atoms with Crippen molar-refractivity contribution in [2.45, 2.75) is 18.8 Å². The van der Waals surface area contributed by atoms with Gasteiger partial charge in [0, 0.05) is 20.5 Å². The number of H-pyrrole nitrogens is 1. The minimum absolute atomic E-state index is 0.00200. The molecule has 1 amide bonds. The lowest BCUT2D eigenvalue weighted by Crippen LogP contribution is -2.26. The molecular weight excluding hydrogens is 352 g/mol. The number of carbonyl (C=O) groups is 1. The molecule has 1 aromatic heterocycles. The van der Waals surface area contributed by atoms with Crippen molar-refractivity contribution in [3.8, 4) is 0 Å². The zero-order valence-electron chi connectivity index (χ0n) is 16.1. The molecule has 0 bridgehead atoms. The number of aromatic nitrogens is 2. The molecule has 2 aromatic carbocycles. The summed E-state index contributed by atoms with van der Waals surface area (Å²) in [7, 11) is 3.55. The van der Waals surface area contributed by atoms with E-state index in [9.17, 15) is 9.59 Å². The van der Waals surface area contributed by atoms with E-state index in [4.69, 9.17) is 0 Å². The number of nitrogens with one attached hydrogen (secondary N) is 2. The fourth-order valence-electron chi connectivity index (χ4n) is 3.19. The highest BCUT2D eigenvalue weighted by molar-refractivity contribution is 5.93. The van der Waals surface area contributed by atoms with Gasteiger partial charge >= 0.3 is 0 Å². The number of hydrogen-bond donors (Lipinski definition) is 2. The highest BCUT2D eigenvalue weighted by Crippen LogP contribution is 2.25. The Balaban J connectivity index is 1.81. The van der Waals surface area contributed by atoms with Crippen LogP contribution in [-0.4, -0.2) is 30.0 Å². The van der Waals surface area contributed by atoms with Gasteiger partial charge in [0.2, 0.25) is 5.91 Å². The van der Waals surface area contributed by atoms with Gasteiger partial charge < -0.3 is 15.2 Å². The van der Waals surface area contributed by atoms with Gasteiger partial charge in [-0.1, -0.05) is 60.7 Å². The van der Waals surface area contributed by atoms with Gasteiger partial charge in [-0.3, -0.25) is 9.59 Å². The maximum absolute atomic E-state index is 12.8. The van der Waals surface area contributed by atoms with Crippen LogP contribution < -0.4 is 15.8 Å². The van der Waals surface area contributed by atoms with E-state index in [-0.39, 0.29) is 29.5 Å². The molecule has 0 aliphatic carbocycles. The molecule has 3 aromatic rings. The summed E-state index contributed by atoms with van der Waals surface area (Å²) < 4.78 is 0. The Morgan fingerprint density at radius 1 is 1.07 bits per heavy atom. The second-order valence-electron chi connectivity index (χ2n) is 6.87. The predicted octanol–water partition coefficient (Wildman–Crippen LogP) is 3.19. The van der Waals surface area contributed by atoms with E-state index < -0.39 is 0 Å². The minimum Gasteiger partial charge on any atom is -0.361 e. The van der Waals surface area contributed by atoms with E-state index >= 15 is 0 Å². The average Bonchev–Trinajstić information content (AvgIpc) is 2.70. The molecule has 0 spiro atoms. The SMILES string of the molecule is CN(C)c1nc[nH]c(=O)c1NC(=O)CC(Cc1ccccc1)c1ccccc1. The molecule has 28 heavy (non-hydrogen) atoms. The molecule has 0 saturated carbocycles. The number of carbonyl (C=O) groups excluding carboxylic acids is 1. The molecule has 6 nitrogen and oxygen atoms in total. The quantitative estimate of drug-likeness (QED) is 0.664. The number of benzene rings is 2. The van der Waals surface area contributed by atoms with Crippen LogP contribution in [0.15, 0.2) is 71.8 Å². The van der Waals surface area contributed by atoms with E-state index in [0.29, 0.717) is 5.82 Å². The first kappa shape index (κ1) is 19.4. The summed E-state index contributed by atoms with van der Waals surface area (Å²) in [6.07, 6.45) is 2.33.